The Morgan fingerprint density at radius 3 is 2.63 bits per heavy atom. The maximum Gasteiger partial charge on any atom is 0.353 e. The van der Waals surface area contributed by atoms with Gasteiger partial charge in [-0.15, -0.1) is 0 Å². The SMILES string of the molecule is CSc1nc2c(N)ncnc2n1[C@@H]1O[C@H](CO[Si](C)(C)C(C)(C)C)[C@H]2OC(=S)O[C@H]21. The van der Waals surface area contributed by atoms with Gasteiger partial charge in [0.15, 0.2) is 48.9 Å². The van der Waals surface area contributed by atoms with Gasteiger partial charge < -0.3 is 24.4 Å². The highest BCUT2D eigenvalue weighted by atomic mass is 32.2. The van der Waals surface area contributed by atoms with Crippen LogP contribution in [0, 0.1) is 0 Å². The summed E-state index contributed by atoms with van der Waals surface area (Å²) in [5.74, 6) is 0.320. The molecule has 4 rings (SSSR count). The Balaban J connectivity index is 1.67. The van der Waals surface area contributed by atoms with Gasteiger partial charge in [0.2, 0.25) is 0 Å². The average Bonchev–Trinajstić information content (AvgIpc) is 3.30. The Morgan fingerprint density at radius 1 is 1.27 bits per heavy atom. The molecule has 0 amide bonds. The van der Waals surface area contributed by atoms with Crippen molar-refractivity contribution in [1.29, 1.82) is 0 Å². The highest BCUT2D eigenvalue weighted by molar-refractivity contribution is 7.98. The molecule has 0 aromatic carbocycles. The lowest BCUT2D eigenvalue weighted by atomic mass is 10.1. The first kappa shape index (κ1) is 21.7. The van der Waals surface area contributed by atoms with E-state index in [2.05, 4.69) is 48.8 Å². The van der Waals surface area contributed by atoms with Crippen molar-refractivity contribution < 1.29 is 18.6 Å². The summed E-state index contributed by atoms with van der Waals surface area (Å²) in [5.41, 5.74) is 7.13. The van der Waals surface area contributed by atoms with Crippen molar-refractivity contribution in [1.82, 2.24) is 19.5 Å². The molecule has 2 aliphatic rings. The molecule has 164 valence electrons. The van der Waals surface area contributed by atoms with Crippen molar-refractivity contribution in [3.8, 4) is 0 Å². The van der Waals surface area contributed by atoms with E-state index in [1.807, 2.05) is 10.8 Å². The van der Waals surface area contributed by atoms with E-state index >= 15 is 0 Å². The second-order valence-electron chi connectivity index (χ2n) is 8.95. The molecule has 30 heavy (non-hydrogen) atoms. The van der Waals surface area contributed by atoms with Crippen molar-refractivity contribution in [3.05, 3.63) is 6.33 Å². The molecule has 4 heterocycles. The summed E-state index contributed by atoms with van der Waals surface area (Å²) >= 11 is 6.66. The fourth-order valence-corrected chi connectivity index (χ4v) is 5.16. The third-order valence-electron chi connectivity index (χ3n) is 6.07. The standard InChI is InChI=1S/C18H27N5O4S2Si/c1-18(2,3)30(5,6)24-7-9-11-12(27-17(28)26-11)15(25-9)23-14-10(22-16(23)29-4)13(19)20-8-21-14/h8-9,11-12,15H,7H2,1-6H3,(H2,19,20,21)/t9-,11-,12-,15-/m1/s1. The molecular weight excluding hydrogens is 442 g/mol. The zero-order valence-corrected chi connectivity index (χ0v) is 20.5. The minimum absolute atomic E-state index is 0.0910. The van der Waals surface area contributed by atoms with Crippen molar-refractivity contribution >= 4 is 54.5 Å². The highest BCUT2D eigenvalue weighted by Gasteiger charge is 2.55. The first-order valence-electron chi connectivity index (χ1n) is 9.72. The Labute approximate surface area is 186 Å². The molecule has 0 unspecified atom stereocenters. The van der Waals surface area contributed by atoms with Crippen LogP contribution in [0.3, 0.4) is 0 Å². The first-order chi connectivity index (χ1) is 14.0. The molecule has 2 N–H and O–H groups in total. The van der Waals surface area contributed by atoms with Crippen LogP contribution in [0.25, 0.3) is 11.2 Å². The molecule has 0 aliphatic carbocycles. The van der Waals surface area contributed by atoms with Gasteiger partial charge in [0, 0.05) is 12.2 Å². The molecule has 2 fully saturated rings. The fourth-order valence-electron chi connectivity index (χ4n) is 3.35. The van der Waals surface area contributed by atoms with Crippen LogP contribution in [0.1, 0.15) is 27.0 Å². The molecular formula is C18H27N5O4S2Si. The zero-order chi connectivity index (χ0) is 21.8. The van der Waals surface area contributed by atoms with Crippen molar-refractivity contribution in [2.24, 2.45) is 0 Å². The molecule has 0 saturated carbocycles. The number of rotatable bonds is 5. The maximum absolute atomic E-state index is 6.42. The lowest BCUT2D eigenvalue weighted by Crippen LogP contribution is -2.44. The Bertz CT molecular complexity index is 979. The van der Waals surface area contributed by atoms with Crippen LogP contribution in [0.15, 0.2) is 11.5 Å². The molecule has 2 saturated heterocycles. The number of thioether (sulfide) groups is 1. The van der Waals surface area contributed by atoms with E-state index in [1.165, 1.54) is 18.1 Å². The van der Waals surface area contributed by atoms with Gasteiger partial charge in [-0.3, -0.25) is 4.57 Å². The van der Waals surface area contributed by atoms with Crippen molar-refractivity contribution in [2.45, 2.75) is 68.6 Å². The number of aromatic nitrogens is 4. The van der Waals surface area contributed by atoms with Gasteiger partial charge in [-0.2, -0.15) is 0 Å². The Hall–Kier alpha value is -1.47. The summed E-state index contributed by atoms with van der Waals surface area (Å²) in [6.45, 7) is 11.4. The van der Waals surface area contributed by atoms with E-state index in [9.17, 15) is 0 Å². The van der Waals surface area contributed by atoms with Crippen LogP contribution in [-0.2, 0) is 18.6 Å². The quantitative estimate of drug-likeness (QED) is 0.399. The molecule has 12 heteroatoms. The second-order valence-corrected chi connectivity index (χ2v) is 14.9. The number of imidazole rings is 1. The number of nitrogens with zero attached hydrogens (tertiary/aromatic N) is 4. The maximum atomic E-state index is 6.42. The molecule has 2 aromatic rings. The van der Waals surface area contributed by atoms with E-state index in [-0.39, 0.29) is 22.5 Å². The van der Waals surface area contributed by atoms with Crippen LogP contribution < -0.4 is 5.73 Å². The van der Waals surface area contributed by atoms with Crippen molar-refractivity contribution in [3.63, 3.8) is 0 Å². The normalized spacial score (nSPS) is 26.7. The largest absolute Gasteiger partial charge is 0.447 e. The zero-order valence-electron chi connectivity index (χ0n) is 17.9. The summed E-state index contributed by atoms with van der Waals surface area (Å²) in [4.78, 5) is 13.0. The van der Waals surface area contributed by atoms with E-state index in [0.29, 0.717) is 28.7 Å². The second kappa shape index (κ2) is 7.59. The highest BCUT2D eigenvalue weighted by Crippen LogP contribution is 2.43. The van der Waals surface area contributed by atoms with Crippen LogP contribution in [-0.4, -0.2) is 64.2 Å². The van der Waals surface area contributed by atoms with E-state index in [0.717, 1.165) is 0 Å². The monoisotopic (exact) mass is 469 g/mol. The molecule has 4 atom stereocenters. The van der Waals surface area contributed by atoms with Gasteiger partial charge in [-0.1, -0.05) is 32.5 Å². The minimum atomic E-state index is -1.96. The third kappa shape index (κ3) is 3.58. The summed E-state index contributed by atoms with van der Waals surface area (Å²) in [5, 5.41) is 0.918. The molecule has 2 aromatic heterocycles. The number of anilines is 1. The number of thiocarbonyl (C=S) groups is 1. The van der Waals surface area contributed by atoms with Crippen molar-refractivity contribution in [2.75, 3.05) is 18.6 Å². The molecule has 2 aliphatic heterocycles. The number of ether oxygens (including phenoxy) is 3. The summed E-state index contributed by atoms with van der Waals surface area (Å²) < 4.78 is 26.4. The molecule has 9 nitrogen and oxygen atoms in total. The summed E-state index contributed by atoms with van der Waals surface area (Å²) in [6, 6.07) is 0. The van der Waals surface area contributed by atoms with Gasteiger partial charge in [0.05, 0.1) is 6.61 Å². The Morgan fingerprint density at radius 2 is 1.97 bits per heavy atom. The summed E-state index contributed by atoms with van der Waals surface area (Å²) in [7, 11) is -1.96. The van der Waals surface area contributed by atoms with Gasteiger partial charge >= 0.3 is 5.24 Å². The number of hydrogen-bond donors (Lipinski definition) is 1. The number of hydrogen-bond acceptors (Lipinski definition) is 10. The fraction of sp³-hybridized carbons (Fsp3) is 0.667. The molecule has 0 radical (unpaired) electrons. The third-order valence-corrected chi connectivity index (χ3v) is 11.4. The number of nitrogen functional groups attached to an aromatic ring is 1. The van der Waals surface area contributed by atoms with E-state index in [4.69, 9.17) is 36.6 Å². The molecule has 0 bridgehead atoms. The van der Waals surface area contributed by atoms with Crippen LogP contribution >= 0.6 is 24.0 Å². The number of nitrogens with two attached hydrogens (primary N) is 1. The predicted octanol–water partition coefficient (Wildman–Crippen LogP) is 3.12. The van der Waals surface area contributed by atoms with Crippen LogP contribution in [0.5, 0.6) is 0 Å². The minimum Gasteiger partial charge on any atom is -0.447 e. The smallest absolute Gasteiger partial charge is 0.353 e. The molecule has 0 spiro atoms. The van der Waals surface area contributed by atoms with E-state index in [1.54, 1.807) is 0 Å². The lowest BCUT2D eigenvalue weighted by molar-refractivity contribution is -0.0615. The predicted molar refractivity (Wildman–Crippen MR) is 121 cm³/mol. The van der Waals surface area contributed by atoms with Gasteiger partial charge in [0.25, 0.3) is 0 Å². The lowest BCUT2D eigenvalue weighted by Gasteiger charge is -2.37. The first-order valence-corrected chi connectivity index (χ1v) is 14.3. The number of fused-ring (bicyclic) bond motifs is 2. The topological polar surface area (TPSA) is 107 Å². The average molecular weight is 470 g/mol. The van der Waals surface area contributed by atoms with Gasteiger partial charge in [-0.05, 0) is 24.4 Å². The summed E-state index contributed by atoms with van der Waals surface area (Å²) in [6.07, 6.45) is 1.71. The van der Waals surface area contributed by atoms with E-state index < -0.39 is 20.6 Å². The van der Waals surface area contributed by atoms with Crippen LogP contribution in [0.4, 0.5) is 5.82 Å². The van der Waals surface area contributed by atoms with Gasteiger partial charge in [-0.25, -0.2) is 15.0 Å². The van der Waals surface area contributed by atoms with Crippen LogP contribution in [0.2, 0.25) is 18.1 Å². The Kier molecular flexibility index (Phi) is 5.50. The van der Waals surface area contributed by atoms with Gasteiger partial charge in [0.1, 0.15) is 12.4 Å².